The Morgan fingerprint density at radius 2 is 1.88 bits per heavy atom. The molecular weight excluding hydrogens is 449 g/mol. The quantitative estimate of drug-likeness (QED) is 0.490. The Morgan fingerprint density at radius 1 is 1.12 bits per heavy atom. The molecule has 32 heavy (non-hydrogen) atoms. The number of aromatic nitrogens is 2. The molecule has 3 N–H and O–H groups in total. The molecule has 3 aromatic rings. The normalized spacial score (nSPS) is 12.0. The molecule has 0 atom stereocenters. The van der Waals surface area contributed by atoms with Crippen LogP contribution in [0.2, 0.25) is 0 Å². The Kier molecular flexibility index (Phi) is 6.65. The molecule has 0 amide bonds. The first-order chi connectivity index (χ1) is 15.0. The first kappa shape index (κ1) is 23.4. The van der Waals surface area contributed by atoms with Gasteiger partial charge in [0.2, 0.25) is 10.0 Å². The third-order valence-corrected chi connectivity index (χ3v) is 5.94. The van der Waals surface area contributed by atoms with Gasteiger partial charge in [-0.2, -0.15) is 18.3 Å². The molecule has 3 rings (SSSR count). The number of benzene rings is 2. The van der Waals surface area contributed by atoms with Crippen molar-refractivity contribution in [3.05, 3.63) is 59.9 Å². The Morgan fingerprint density at radius 3 is 2.53 bits per heavy atom. The molecule has 172 valence electrons. The summed E-state index contributed by atoms with van der Waals surface area (Å²) in [4.78, 5) is -0.230. The molecule has 2 aromatic carbocycles. The van der Waals surface area contributed by atoms with Crippen LogP contribution in [0.25, 0.3) is 5.69 Å². The number of sulfonamides is 1. The molecule has 12 heteroatoms. The predicted octanol–water partition coefficient (Wildman–Crippen LogP) is 3.06. The first-order valence-electron chi connectivity index (χ1n) is 9.23. The molecule has 0 aliphatic rings. The average molecular weight is 470 g/mol. The van der Waals surface area contributed by atoms with Gasteiger partial charge < -0.3 is 15.2 Å². The summed E-state index contributed by atoms with van der Waals surface area (Å²) in [7, 11) is -1.19. The van der Waals surface area contributed by atoms with Crippen molar-refractivity contribution in [3.8, 4) is 17.2 Å². The number of anilines is 1. The van der Waals surface area contributed by atoms with Crippen LogP contribution in [0.1, 0.15) is 11.1 Å². The zero-order valence-electron chi connectivity index (χ0n) is 17.2. The molecule has 0 saturated carbocycles. The van der Waals surface area contributed by atoms with Crippen LogP contribution < -0.4 is 19.9 Å². The second kappa shape index (κ2) is 9.09. The lowest BCUT2D eigenvalue weighted by molar-refractivity contribution is -0.127. The highest BCUT2D eigenvalue weighted by molar-refractivity contribution is 7.89. The number of rotatable bonds is 8. The van der Waals surface area contributed by atoms with Crippen molar-refractivity contribution >= 4 is 15.7 Å². The Hall–Kier alpha value is -3.25. The minimum absolute atomic E-state index is 0.0572. The van der Waals surface area contributed by atoms with E-state index in [2.05, 4.69) is 9.82 Å². The number of nitrogens with two attached hydrogens (primary N) is 1. The van der Waals surface area contributed by atoms with E-state index in [1.54, 1.807) is 18.2 Å². The lowest BCUT2D eigenvalue weighted by Gasteiger charge is -2.14. The van der Waals surface area contributed by atoms with Gasteiger partial charge in [-0.3, -0.25) is 0 Å². The lowest BCUT2D eigenvalue weighted by Crippen LogP contribution is -2.25. The van der Waals surface area contributed by atoms with Crippen LogP contribution in [0, 0.1) is 0 Å². The molecule has 0 aliphatic heterocycles. The molecule has 0 aliphatic carbocycles. The van der Waals surface area contributed by atoms with Gasteiger partial charge in [0.25, 0.3) is 0 Å². The number of nitrogens with one attached hydrogen (secondary N) is 1. The summed E-state index contributed by atoms with van der Waals surface area (Å²) < 4.78 is 78.0. The SMILES string of the molecule is COc1ccc(CNS(=O)(=O)c2cc(N)ccc2-n2cc(CC(F)(F)F)cn2)c(OC)c1. The maximum atomic E-state index is 13.1. The molecule has 8 nitrogen and oxygen atoms in total. The molecule has 0 radical (unpaired) electrons. The van der Waals surface area contributed by atoms with Crippen molar-refractivity contribution in [2.45, 2.75) is 24.0 Å². The fourth-order valence-electron chi connectivity index (χ4n) is 3.00. The monoisotopic (exact) mass is 470 g/mol. The predicted molar refractivity (Wildman–Crippen MR) is 111 cm³/mol. The number of methoxy groups -OCH3 is 2. The van der Waals surface area contributed by atoms with Crippen molar-refractivity contribution in [2.75, 3.05) is 20.0 Å². The van der Waals surface area contributed by atoms with Crippen LogP contribution in [0.15, 0.2) is 53.7 Å². The van der Waals surface area contributed by atoms with E-state index in [-0.39, 0.29) is 28.4 Å². The van der Waals surface area contributed by atoms with Crippen LogP contribution in [0.5, 0.6) is 11.5 Å². The molecular formula is C20H21F3N4O4S. The van der Waals surface area contributed by atoms with Crippen molar-refractivity contribution < 1.29 is 31.1 Å². The molecule has 0 fully saturated rings. The van der Waals surface area contributed by atoms with Crippen molar-refractivity contribution in [1.29, 1.82) is 0 Å². The van der Waals surface area contributed by atoms with Gasteiger partial charge in [-0.1, -0.05) is 6.07 Å². The van der Waals surface area contributed by atoms with Crippen LogP contribution in [0.3, 0.4) is 0 Å². The maximum Gasteiger partial charge on any atom is 0.393 e. The third-order valence-electron chi connectivity index (χ3n) is 4.51. The molecule has 1 heterocycles. The summed E-state index contributed by atoms with van der Waals surface area (Å²) in [5, 5.41) is 3.89. The molecule has 0 bridgehead atoms. The number of hydrogen-bond acceptors (Lipinski definition) is 6. The minimum Gasteiger partial charge on any atom is -0.497 e. The van der Waals surface area contributed by atoms with Crippen LogP contribution in [0.4, 0.5) is 18.9 Å². The lowest BCUT2D eigenvalue weighted by atomic mass is 10.2. The van der Waals surface area contributed by atoms with Gasteiger partial charge in [0.15, 0.2) is 0 Å². The molecule has 1 aromatic heterocycles. The van der Waals surface area contributed by atoms with Gasteiger partial charge in [0, 0.05) is 30.1 Å². The summed E-state index contributed by atoms with van der Waals surface area (Å²) in [6, 6.07) is 8.95. The summed E-state index contributed by atoms with van der Waals surface area (Å²) in [5.74, 6) is 0.962. The van der Waals surface area contributed by atoms with E-state index in [0.29, 0.717) is 17.1 Å². The highest BCUT2D eigenvalue weighted by Crippen LogP contribution is 2.27. The average Bonchev–Trinajstić information content (AvgIpc) is 3.18. The number of nitrogens with zero attached hydrogens (tertiary/aromatic N) is 2. The fraction of sp³-hybridized carbons (Fsp3) is 0.250. The van der Waals surface area contributed by atoms with Crippen LogP contribution in [-0.4, -0.2) is 38.6 Å². The summed E-state index contributed by atoms with van der Waals surface area (Å²) >= 11 is 0. The highest BCUT2D eigenvalue weighted by Gasteiger charge is 2.29. The zero-order chi connectivity index (χ0) is 23.5. The standard InChI is InChI=1S/C20H21F3N4O4S/c1-30-16-5-3-14(18(8-16)31-2)11-26-32(28,29)19-7-15(24)4-6-17(19)27-12-13(10-25-27)9-20(21,22)23/h3-8,10,12,26H,9,11,24H2,1-2H3. The third kappa shape index (κ3) is 5.51. The van der Waals surface area contributed by atoms with Gasteiger partial charge in [-0.15, -0.1) is 0 Å². The molecule has 0 unspecified atom stereocenters. The van der Waals surface area contributed by atoms with E-state index in [9.17, 15) is 21.6 Å². The van der Waals surface area contributed by atoms with E-state index in [4.69, 9.17) is 15.2 Å². The van der Waals surface area contributed by atoms with E-state index in [1.165, 1.54) is 32.4 Å². The van der Waals surface area contributed by atoms with Crippen molar-refractivity contribution in [1.82, 2.24) is 14.5 Å². The van der Waals surface area contributed by atoms with E-state index in [1.807, 2.05) is 0 Å². The van der Waals surface area contributed by atoms with Gasteiger partial charge in [-0.05, 0) is 29.8 Å². The fourth-order valence-corrected chi connectivity index (χ4v) is 4.23. The second-order valence-electron chi connectivity index (χ2n) is 6.81. The largest absolute Gasteiger partial charge is 0.497 e. The number of halogens is 3. The summed E-state index contributed by atoms with van der Waals surface area (Å²) in [6.07, 6.45) is -3.43. The first-order valence-corrected chi connectivity index (χ1v) is 10.7. The number of nitrogen functional groups attached to an aromatic ring is 1. The highest BCUT2D eigenvalue weighted by atomic mass is 32.2. The number of ether oxygens (including phenoxy) is 2. The van der Waals surface area contributed by atoms with E-state index < -0.39 is 22.6 Å². The van der Waals surface area contributed by atoms with Crippen LogP contribution in [-0.2, 0) is 23.0 Å². The van der Waals surface area contributed by atoms with Gasteiger partial charge in [0.05, 0.1) is 32.5 Å². The van der Waals surface area contributed by atoms with Crippen molar-refractivity contribution in [2.24, 2.45) is 0 Å². The smallest absolute Gasteiger partial charge is 0.393 e. The van der Waals surface area contributed by atoms with Gasteiger partial charge in [0.1, 0.15) is 16.4 Å². The van der Waals surface area contributed by atoms with Crippen molar-refractivity contribution in [3.63, 3.8) is 0 Å². The zero-order valence-corrected chi connectivity index (χ0v) is 18.0. The molecule has 0 saturated heterocycles. The summed E-state index contributed by atoms with van der Waals surface area (Å²) in [5.41, 5.74) is 6.44. The molecule has 0 spiro atoms. The Labute approximate surface area is 182 Å². The number of hydrogen-bond donors (Lipinski definition) is 2. The van der Waals surface area contributed by atoms with Gasteiger partial charge >= 0.3 is 6.18 Å². The van der Waals surface area contributed by atoms with Gasteiger partial charge in [-0.25, -0.2) is 17.8 Å². The number of alkyl halides is 3. The minimum atomic E-state index is -4.41. The van der Waals surface area contributed by atoms with E-state index in [0.717, 1.165) is 17.1 Å². The summed E-state index contributed by atoms with van der Waals surface area (Å²) in [6.45, 7) is -0.109. The Bertz CT molecular complexity index is 1210. The van der Waals surface area contributed by atoms with E-state index >= 15 is 0 Å². The van der Waals surface area contributed by atoms with Crippen LogP contribution >= 0.6 is 0 Å². The second-order valence-corrected chi connectivity index (χ2v) is 8.55. The topological polar surface area (TPSA) is 108 Å². The maximum absolute atomic E-state index is 13.1. The Balaban J connectivity index is 1.91.